The number of Topliss-reactive ketones (excluding diaryl/α,β-unsaturated/α-hetero) is 1. The van der Waals surface area contributed by atoms with Gasteiger partial charge >= 0.3 is 0 Å². The van der Waals surface area contributed by atoms with E-state index in [4.69, 9.17) is 5.73 Å². The zero-order valence-corrected chi connectivity index (χ0v) is 15.3. The van der Waals surface area contributed by atoms with Crippen molar-refractivity contribution in [3.8, 4) is 0 Å². The highest BCUT2D eigenvalue weighted by atomic mass is 16.4. The number of hydrogen-bond acceptors (Lipinski definition) is 4. The van der Waals surface area contributed by atoms with Crippen molar-refractivity contribution < 1.29 is 14.7 Å². The molecule has 0 amide bonds. The molecule has 0 bridgehead atoms. The second kappa shape index (κ2) is 13.5. The lowest BCUT2D eigenvalue weighted by Gasteiger charge is -2.26. The summed E-state index contributed by atoms with van der Waals surface area (Å²) in [5, 5.41) is 11.3. The number of rotatable bonds is 15. The van der Waals surface area contributed by atoms with E-state index in [1.54, 1.807) is 0 Å². The zero-order valence-electron chi connectivity index (χ0n) is 15.3. The van der Waals surface area contributed by atoms with Crippen molar-refractivity contribution in [3.05, 3.63) is 0 Å². The molecule has 2 N–H and O–H groups in total. The van der Waals surface area contributed by atoms with Crippen molar-refractivity contribution in [2.45, 2.75) is 97.4 Å². The van der Waals surface area contributed by atoms with Crippen LogP contribution in [0.15, 0.2) is 0 Å². The van der Waals surface area contributed by atoms with E-state index in [2.05, 4.69) is 6.92 Å². The molecule has 23 heavy (non-hydrogen) atoms. The standard InChI is InChI=1S/C19H37NO3/c1-4-5-9-13-17(18(16(3)21)19(22)23)14-11-8-6-7-10-12-15(2)20/h15,17-18H,4-14,20H2,1-3H3,(H,22,23)/p-1. The first-order chi connectivity index (χ1) is 10.9. The smallest absolute Gasteiger partial charge is 0.138 e. The molecule has 0 heterocycles. The van der Waals surface area contributed by atoms with Gasteiger partial charge in [-0.1, -0.05) is 58.3 Å². The van der Waals surface area contributed by atoms with E-state index in [9.17, 15) is 14.7 Å². The molecule has 0 aromatic carbocycles. The van der Waals surface area contributed by atoms with Crippen molar-refractivity contribution in [1.29, 1.82) is 0 Å². The second-order valence-corrected chi connectivity index (χ2v) is 6.99. The van der Waals surface area contributed by atoms with Crippen LogP contribution in [0.4, 0.5) is 0 Å². The topological polar surface area (TPSA) is 83.2 Å². The number of nitrogens with two attached hydrogens (primary N) is 1. The molecule has 0 aromatic heterocycles. The molecule has 0 aromatic rings. The minimum atomic E-state index is -1.20. The predicted octanol–water partition coefficient (Wildman–Crippen LogP) is 3.22. The molecular formula is C19H36NO3-. The molecule has 4 nitrogen and oxygen atoms in total. The van der Waals surface area contributed by atoms with Crippen LogP contribution in [0.3, 0.4) is 0 Å². The molecule has 4 heteroatoms. The van der Waals surface area contributed by atoms with Crippen LogP contribution < -0.4 is 10.8 Å². The summed E-state index contributed by atoms with van der Waals surface area (Å²) in [5.41, 5.74) is 5.73. The number of carboxylic acid groups (broad SMARTS) is 1. The van der Waals surface area contributed by atoms with Crippen LogP contribution in [-0.2, 0) is 9.59 Å². The van der Waals surface area contributed by atoms with Crippen molar-refractivity contribution in [1.82, 2.24) is 0 Å². The molecule has 0 saturated heterocycles. The molecule has 0 aliphatic carbocycles. The van der Waals surface area contributed by atoms with Gasteiger partial charge in [-0.05, 0) is 39.0 Å². The number of ketones is 1. The largest absolute Gasteiger partial charge is 0.549 e. The normalized spacial score (nSPS) is 15.1. The summed E-state index contributed by atoms with van der Waals surface area (Å²) in [6.07, 6.45) is 11.5. The van der Waals surface area contributed by atoms with Crippen LogP contribution in [0, 0.1) is 11.8 Å². The summed E-state index contributed by atoms with van der Waals surface area (Å²) in [7, 11) is 0. The fraction of sp³-hybridized carbons (Fsp3) is 0.895. The Bertz CT molecular complexity index is 315. The lowest BCUT2D eigenvalue weighted by atomic mass is 9.81. The monoisotopic (exact) mass is 326 g/mol. The molecular weight excluding hydrogens is 290 g/mol. The van der Waals surface area contributed by atoms with Gasteiger partial charge in [-0.15, -0.1) is 0 Å². The number of hydrogen-bond donors (Lipinski definition) is 1. The molecule has 0 spiro atoms. The molecule has 0 radical (unpaired) electrons. The van der Waals surface area contributed by atoms with E-state index in [0.29, 0.717) is 0 Å². The molecule has 136 valence electrons. The van der Waals surface area contributed by atoms with Gasteiger partial charge in [-0.25, -0.2) is 0 Å². The first-order valence-corrected chi connectivity index (χ1v) is 9.37. The first kappa shape index (κ1) is 22.1. The van der Waals surface area contributed by atoms with Gasteiger partial charge in [0.05, 0.1) is 11.9 Å². The van der Waals surface area contributed by atoms with E-state index in [0.717, 1.165) is 64.2 Å². The molecule has 3 atom stereocenters. The summed E-state index contributed by atoms with van der Waals surface area (Å²) in [6.45, 7) is 5.53. The van der Waals surface area contributed by atoms with Gasteiger partial charge in [0.2, 0.25) is 0 Å². The van der Waals surface area contributed by atoms with Crippen molar-refractivity contribution in [2.24, 2.45) is 17.6 Å². The Kier molecular flexibility index (Phi) is 13.0. The highest BCUT2D eigenvalue weighted by Crippen LogP contribution is 2.26. The minimum Gasteiger partial charge on any atom is -0.549 e. The van der Waals surface area contributed by atoms with Crippen molar-refractivity contribution in [2.75, 3.05) is 0 Å². The summed E-state index contributed by atoms with van der Waals surface area (Å²) >= 11 is 0. The maximum Gasteiger partial charge on any atom is 0.138 e. The minimum absolute atomic E-state index is 0.0619. The highest BCUT2D eigenvalue weighted by molar-refractivity contribution is 5.96. The molecule has 0 saturated carbocycles. The lowest BCUT2D eigenvalue weighted by molar-refractivity contribution is -0.311. The average Bonchev–Trinajstić information content (AvgIpc) is 2.44. The summed E-state index contributed by atoms with van der Waals surface area (Å²) < 4.78 is 0. The summed E-state index contributed by atoms with van der Waals surface area (Å²) in [5.74, 6) is -2.45. The van der Waals surface area contributed by atoms with Gasteiger partial charge in [-0.2, -0.15) is 0 Å². The Hall–Kier alpha value is -0.900. The van der Waals surface area contributed by atoms with Crippen LogP contribution in [0.5, 0.6) is 0 Å². The van der Waals surface area contributed by atoms with Crippen LogP contribution in [0.25, 0.3) is 0 Å². The fourth-order valence-electron chi connectivity index (χ4n) is 3.23. The molecule has 0 rings (SSSR count). The van der Waals surface area contributed by atoms with Gasteiger partial charge < -0.3 is 15.6 Å². The molecule has 3 unspecified atom stereocenters. The Labute approximate surface area is 142 Å². The summed E-state index contributed by atoms with van der Waals surface area (Å²) in [4.78, 5) is 23.0. The van der Waals surface area contributed by atoms with Crippen LogP contribution in [-0.4, -0.2) is 17.8 Å². The SMILES string of the molecule is CCCCCC(CCCCCCCC(C)N)C(C(C)=O)C(=O)[O-]. The molecule has 0 fully saturated rings. The van der Waals surface area contributed by atoms with Gasteiger partial charge in [0, 0.05) is 6.04 Å². The second-order valence-electron chi connectivity index (χ2n) is 6.99. The van der Waals surface area contributed by atoms with Crippen LogP contribution in [0.1, 0.15) is 91.4 Å². The lowest BCUT2D eigenvalue weighted by Crippen LogP contribution is -2.40. The highest BCUT2D eigenvalue weighted by Gasteiger charge is 2.26. The van der Waals surface area contributed by atoms with E-state index < -0.39 is 11.9 Å². The number of unbranched alkanes of at least 4 members (excludes halogenated alkanes) is 6. The average molecular weight is 327 g/mol. The third-order valence-corrected chi connectivity index (χ3v) is 4.58. The zero-order chi connectivity index (χ0) is 17.7. The van der Waals surface area contributed by atoms with Gasteiger partial charge in [0.25, 0.3) is 0 Å². The van der Waals surface area contributed by atoms with Gasteiger partial charge in [0.1, 0.15) is 5.78 Å². The van der Waals surface area contributed by atoms with Crippen LogP contribution >= 0.6 is 0 Å². The van der Waals surface area contributed by atoms with E-state index in [-0.39, 0.29) is 17.7 Å². The van der Waals surface area contributed by atoms with E-state index >= 15 is 0 Å². The van der Waals surface area contributed by atoms with E-state index in [1.807, 2.05) is 6.92 Å². The Morgan fingerprint density at radius 2 is 1.39 bits per heavy atom. The third-order valence-electron chi connectivity index (χ3n) is 4.58. The number of carboxylic acids is 1. The molecule has 0 aliphatic rings. The van der Waals surface area contributed by atoms with E-state index in [1.165, 1.54) is 13.3 Å². The molecule has 0 aliphatic heterocycles. The van der Waals surface area contributed by atoms with Crippen molar-refractivity contribution >= 4 is 11.8 Å². The van der Waals surface area contributed by atoms with Crippen LogP contribution in [0.2, 0.25) is 0 Å². The van der Waals surface area contributed by atoms with Crippen molar-refractivity contribution in [3.63, 3.8) is 0 Å². The summed E-state index contributed by atoms with van der Waals surface area (Å²) in [6, 6.07) is 0.275. The Morgan fingerprint density at radius 3 is 1.83 bits per heavy atom. The fourth-order valence-corrected chi connectivity index (χ4v) is 3.23. The number of aliphatic carboxylic acids is 1. The quantitative estimate of drug-likeness (QED) is 0.370. The Morgan fingerprint density at radius 1 is 0.913 bits per heavy atom. The van der Waals surface area contributed by atoms with Gasteiger partial charge in [-0.3, -0.25) is 4.79 Å². The number of carbonyl (C=O) groups excluding carboxylic acids is 2. The maximum absolute atomic E-state index is 11.7. The van der Waals surface area contributed by atoms with Gasteiger partial charge in [0.15, 0.2) is 0 Å². The number of carbonyl (C=O) groups is 2. The first-order valence-electron chi connectivity index (χ1n) is 9.37. The maximum atomic E-state index is 11.7. The predicted molar refractivity (Wildman–Crippen MR) is 92.8 cm³/mol. The Balaban J connectivity index is 4.20. The third kappa shape index (κ3) is 11.3.